The third-order valence-corrected chi connectivity index (χ3v) is 7.25. The van der Waals surface area contributed by atoms with Crippen LogP contribution < -0.4 is 4.90 Å². The van der Waals surface area contributed by atoms with Crippen LogP contribution in [-0.2, 0) is 0 Å². The fraction of sp³-hybridized carbons (Fsp3) is 0.407. The highest BCUT2D eigenvalue weighted by molar-refractivity contribution is 6.32. The third-order valence-electron chi connectivity index (χ3n) is 6.96. The maximum Gasteiger partial charge on any atom is 0.170 e. The zero-order valence-electron chi connectivity index (χ0n) is 19.5. The molecule has 1 saturated carbocycles. The van der Waals surface area contributed by atoms with Crippen molar-refractivity contribution >= 4 is 34.0 Å². The van der Waals surface area contributed by atoms with E-state index in [0.29, 0.717) is 17.0 Å². The Bertz CT molecular complexity index is 1230. The lowest BCUT2D eigenvalue weighted by molar-refractivity contribution is 0.0968. The summed E-state index contributed by atoms with van der Waals surface area (Å²) in [6, 6.07) is 8.57. The van der Waals surface area contributed by atoms with Crippen LogP contribution in [0.5, 0.6) is 5.75 Å². The largest absolute Gasteiger partial charge is 0.504 e. The second-order valence-electron chi connectivity index (χ2n) is 9.87. The molecule has 2 fully saturated rings. The number of carbonyl (C=O) groups is 1. The fourth-order valence-corrected chi connectivity index (χ4v) is 5.24. The average molecular weight is 482 g/mol. The molecule has 1 saturated heterocycles. The van der Waals surface area contributed by atoms with Crippen molar-refractivity contribution in [3.63, 3.8) is 0 Å². The molecule has 0 spiro atoms. The van der Waals surface area contributed by atoms with Crippen LogP contribution in [-0.4, -0.2) is 54.5 Å². The van der Waals surface area contributed by atoms with Crippen LogP contribution in [0.25, 0.3) is 22.0 Å². The zero-order chi connectivity index (χ0) is 24.0. The number of phenols is 1. The molecular formula is C27H29ClFN3O2. The van der Waals surface area contributed by atoms with Gasteiger partial charge in [-0.15, -0.1) is 0 Å². The Kier molecular flexibility index (Phi) is 6.21. The lowest BCUT2D eigenvalue weighted by atomic mass is 9.93. The number of hydrogen-bond acceptors (Lipinski definition) is 5. The summed E-state index contributed by atoms with van der Waals surface area (Å²) in [6.45, 7) is 2.83. The Hall–Kier alpha value is -2.70. The first-order chi connectivity index (χ1) is 16.3. The molecule has 0 unspecified atom stereocenters. The van der Waals surface area contributed by atoms with Gasteiger partial charge in [0, 0.05) is 37.1 Å². The van der Waals surface area contributed by atoms with E-state index in [2.05, 4.69) is 28.9 Å². The third kappa shape index (κ3) is 4.49. The van der Waals surface area contributed by atoms with Gasteiger partial charge in [0.25, 0.3) is 0 Å². The second kappa shape index (κ2) is 9.16. The van der Waals surface area contributed by atoms with Gasteiger partial charge in [-0.25, -0.2) is 4.39 Å². The molecule has 1 aliphatic carbocycles. The van der Waals surface area contributed by atoms with E-state index in [1.807, 2.05) is 18.2 Å². The molecule has 5 nitrogen and oxygen atoms in total. The van der Waals surface area contributed by atoms with Gasteiger partial charge in [0.05, 0.1) is 21.8 Å². The lowest BCUT2D eigenvalue weighted by Gasteiger charge is -2.36. The molecule has 0 atom stereocenters. The van der Waals surface area contributed by atoms with Crippen molar-refractivity contribution in [2.45, 2.75) is 25.7 Å². The first kappa shape index (κ1) is 23.1. The number of nitrogens with zero attached hydrogens (tertiary/aromatic N) is 3. The molecule has 3 aromatic rings. The Morgan fingerprint density at radius 2 is 1.88 bits per heavy atom. The molecule has 5 rings (SSSR count). The van der Waals surface area contributed by atoms with Crippen LogP contribution in [0.1, 0.15) is 36.0 Å². The summed E-state index contributed by atoms with van der Waals surface area (Å²) in [6.07, 6.45) is 5.75. The molecule has 1 aliphatic heterocycles. The molecule has 0 radical (unpaired) electrons. The number of aromatic hydroxyl groups is 1. The predicted octanol–water partition coefficient (Wildman–Crippen LogP) is 5.77. The summed E-state index contributed by atoms with van der Waals surface area (Å²) in [4.78, 5) is 22.4. The molecule has 2 aromatic carbocycles. The summed E-state index contributed by atoms with van der Waals surface area (Å²) in [7, 11) is 4.21. The highest BCUT2D eigenvalue weighted by Gasteiger charge is 2.34. The standard InChI is InChI=1S/C27H29ClFN3O2/c1-31(2)15-16-7-9-32(10-8-16)25-20-11-18(19-12-22(28)27(34)23(29)13-19)5-6-24(20)30-14-21(25)26(33)17-3-4-17/h5-6,11-14,16-17,34H,3-4,7-10,15H2,1-2H3. The minimum absolute atomic E-state index is 0.0333. The topological polar surface area (TPSA) is 56.7 Å². The Morgan fingerprint density at radius 3 is 2.53 bits per heavy atom. The number of hydrogen-bond donors (Lipinski definition) is 1. The van der Waals surface area contributed by atoms with Gasteiger partial charge in [-0.2, -0.15) is 0 Å². The first-order valence-electron chi connectivity index (χ1n) is 11.9. The van der Waals surface area contributed by atoms with Gasteiger partial charge in [-0.3, -0.25) is 9.78 Å². The van der Waals surface area contributed by atoms with E-state index in [0.717, 1.165) is 67.5 Å². The smallest absolute Gasteiger partial charge is 0.170 e. The number of rotatable bonds is 6. The van der Waals surface area contributed by atoms with Gasteiger partial charge < -0.3 is 14.9 Å². The number of halogens is 2. The maximum atomic E-state index is 14.2. The summed E-state index contributed by atoms with van der Waals surface area (Å²) < 4.78 is 14.2. The number of aromatic nitrogens is 1. The SMILES string of the molecule is CN(C)CC1CCN(c2c(C(=O)C3CC3)cnc3ccc(-c4cc(F)c(O)c(Cl)c4)cc23)CC1. The quantitative estimate of drug-likeness (QED) is 0.453. The summed E-state index contributed by atoms with van der Waals surface area (Å²) >= 11 is 6.04. The Balaban J connectivity index is 1.59. The minimum Gasteiger partial charge on any atom is -0.504 e. The van der Waals surface area contributed by atoms with E-state index in [-0.39, 0.29) is 16.7 Å². The van der Waals surface area contributed by atoms with Gasteiger partial charge in [0.2, 0.25) is 0 Å². The number of ketones is 1. The van der Waals surface area contributed by atoms with Gasteiger partial charge in [0.1, 0.15) is 0 Å². The van der Waals surface area contributed by atoms with Crippen LogP contribution in [0.15, 0.2) is 36.5 Å². The number of fused-ring (bicyclic) bond motifs is 1. The Labute approximate surface area is 204 Å². The van der Waals surface area contributed by atoms with Crippen molar-refractivity contribution in [3.8, 4) is 16.9 Å². The molecule has 1 N–H and O–H groups in total. The molecule has 34 heavy (non-hydrogen) atoms. The van der Waals surface area contributed by atoms with Crippen LogP contribution in [0.3, 0.4) is 0 Å². The van der Waals surface area contributed by atoms with E-state index in [1.165, 1.54) is 6.07 Å². The van der Waals surface area contributed by atoms with Crippen molar-refractivity contribution in [1.82, 2.24) is 9.88 Å². The van der Waals surface area contributed by atoms with E-state index in [4.69, 9.17) is 11.6 Å². The number of carbonyl (C=O) groups excluding carboxylic acids is 1. The number of Topliss-reactive ketones (excluding diaryl/α,β-unsaturated/α-hetero) is 1. The minimum atomic E-state index is -0.762. The number of piperidine rings is 1. The Morgan fingerprint density at radius 1 is 1.15 bits per heavy atom. The van der Waals surface area contributed by atoms with Gasteiger partial charge >= 0.3 is 0 Å². The van der Waals surface area contributed by atoms with E-state index >= 15 is 0 Å². The highest BCUT2D eigenvalue weighted by atomic mass is 35.5. The van der Waals surface area contributed by atoms with Crippen molar-refractivity contribution in [2.75, 3.05) is 38.6 Å². The summed E-state index contributed by atoms with van der Waals surface area (Å²) in [5.41, 5.74) is 3.75. The maximum absolute atomic E-state index is 14.2. The van der Waals surface area contributed by atoms with Crippen molar-refractivity contribution in [2.24, 2.45) is 11.8 Å². The van der Waals surface area contributed by atoms with Gasteiger partial charge in [0.15, 0.2) is 17.3 Å². The van der Waals surface area contributed by atoms with E-state index in [1.54, 1.807) is 12.3 Å². The molecular weight excluding hydrogens is 453 g/mol. The zero-order valence-corrected chi connectivity index (χ0v) is 20.3. The van der Waals surface area contributed by atoms with Crippen molar-refractivity contribution < 1.29 is 14.3 Å². The number of anilines is 1. The molecule has 2 aliphatic rings. The molecule has 1 aromatic heterocycles. The molecule has 0 bridgehead atoms. The van der Waals surface area contributed by atoms with Gasteiger partial charge in [-0.05, 0) is 81.1 Å². The first-order valence-corrected chi connectivity index (χ1v) is 12.2. The van der Waals surface area contributed by atoms with E-state index < -0.39 is 11.6 Å². The van der Waals surface area contributed by atoms with Crippen LogP contribution in [0.2, 0.25) is 5.02 Å². The predicted molar refractivity (Wildman–Crippen MR) is 134 cm³/mol. The van der Waals surface area contributed by atoms with Crippen molar-refractivity contribution in [3.05, 3.63) is 52.9 Å². The summed E-state index contributed by atoms with van der Waals surface area (Å²) in [5.74, 6) is -0.408. The van der Waals surface area contributed by atoms with Crippen molar-refractivity contribution in [1.29, 1.82) is 0 Å². The van der Waals surface area contributed by atoms with Crippen LogP contribution in [0, 0.1) is 17.7 Å². The van der Waals surface area contributed by atoms with E-state index in [9.17, 15) is 14.3 Å². The van der Waals surface area contributed by atoms with Crippen LogP contribution in [0.4, 0.5) is 10.1 Å². The molecule has 7 heteroatoms. The lowest BCUT2D eigenvalue weighted by Crippen LogP contribution is -2.38. The van der Waals surface area contributed by atoms with Crippen LogP contribution >= 0.6 is 11.6 Å². The summed E-state index contributed by atoms with van der Waals surface area (Å²) in [5, 5.41) is 10.6. The second-order valence-corrected chi connectivity index (χ2v) is 10.3. The number of benzene rings is 2. The average Bonchev–Trinajstić information content (AvgIpc) is 3.66. The number of pyridine rings is 1. The molecule has 0 amide bonds. The fourth-order valence-electron chi connectivity index (χ4n) is 5.03. The highest BCUT2D eigenvalue weighted by Crippen LogP contribution is 2.41. The van der Waals surface area contributed by atoms with Gasteiger partial charge in [-0.1, -0.05) is 17.7 Å². The monoisotopic (exact) mass is 481 g/mol. The molecule has 2 heterocycles. The molecule has 178 valence electrons. The normalized spacial score (nSPS) is 17.0. The number of phenolic OH excluding ortho intramolecular Hbond substituents is 1.